The molecular formula is C107H126N8O9. The SMILES string of the molecule is CC1=CC(=O)[C@H]2[C@@H](CCC3=CN(c4ccc(C(C)(C)C)cc4)C(=O)CC[C@@]32C)[C@@H]1CCC#N.CC1=CC(=O)[C@H]2[C@@H](CCC3=CN(c4ccc(C)cc4)C(=O)CC[C@@]32C)[C@@H]1CCC#N.CC1=CC(=O)[C@H]2[C@@H](CCC3=CN(c4ccc(C)cc4)C(=O)CC[C@@]32C)[C@@H]1CCC#N.COc1cccc(N2C=C3CC[C@H]4[C@H](CCC#N)C(C)=CC(=O)[C@@H]4[C@@]3(C)CCC2=O)c1. The normalized spacial score (nSPS) is 30.6. The number of benzene rings is 4. The first-order chi connectivity index (χ1) is 59.1. The third-order valence-electron chi connectivity index (χ3n) is 31.4. The van der Waals surface area contributed by atoms with Crippen LogP contribution in [0.2, 0.25) is 0 Å². The lowest BCUT2D eigenvalue weighted by atomic mass is 9.52. The molecule has 17 heteroatoms. The third kappa shape index (κ3) is 18.1. The number of methoxy groups -OCH3 is 1. The van der Waals surface area contributed by atoms with Gasteiger partial charge < -0.3 is 4.74 Å². The van der Waals surface area contributed by atoms with Gasteiger partial charge in [-0.3, -0.25) is 58.0 Å². The smallest absolute Gasteiger partial charge is 0.231 e. The molecule has 4 aromatic carbocycles. The molecule has 4 fully saturated rings. The molecule has 4 amide bonds. The molecule has 124 heavy (non-hydrogen) atoms. The summed E-state index contributed by atoms with van der Waals surface area (Å²) in [6.45, 7) is 27.5. The summed E-state index contributed by atoms with van der Waals surface area (Å²) in [6.07, 6.45) is 32.4. The minimum atomic E-state index is -0.342. The van der Waals surface area contributed by atoms with Crippen molar-refractivity contribution in [1.82, 2.24) is 0 Å². The first-order valence-electron chi connectivity index (χ1n) is 45.5. The van der Waals surface area contributed by atoms with E-state index in [1.807, 2.05) is 180 Å². The maximum absolute atomic E-state index is 13.3. The van der Waals surface area contributed by atoms with Crippen molar-refractivity contribution in [2.45, 2.75) is 250 Å². The van der Waals surface area contributed by atoms with Gasteiger partial charge in [-0.25, -0.2) is 0 Å². The number of aryl methyl sites for hydroxylation is 2. The number of allylic oxidation sites excluding steroid dienone is 12. The molecule has 0 bridgehead atoms. The highest BCUT2D eigenvalue weighted by atomic mass is 16.5. The van der Waals surface area contributed by atoms with Gasteiger partial charge >= 0.3 is 0 Å². The average Bonchev–Trinajstić information content (AvgIpc) is 1.21. The van der Waals surface area contributed by atoms with Crippen LogP contribution in [0.25, 0.3) is 0 Å². The van der Waals surface area contributed by atoms with Gasteiger partial charge in [-0.2, -0.15) is 21.0 Å². The molecule has 0 saturated heterocycles. The number of fused-ring (bicyclic) bond motifs is 12. The van der Waals surface area contributed by atoms with E-state index >= 15 is 0 Å². The maximum atomic E-state index is 13.3. The van der Waals surface area contributed by atoms with Gasteiger partial charge in [0.25, 0.3) is 0 Å². The molecule has 8 aliphatic carbocycles. The molecule has 17 nitrogen and oxygen atoms in total. The van der Waals surface area contributed by atoms with Gasteiger partial charge in [-0.15, -0.1) is 0 Å². The molecule has 4 heterocycles. The van der Waals surface area contributed by atoms with E-state index in [2.05, 4.69) is 84.9 Å². The predicted molar refractivity (Wildman–Crippen MR) is 485 cm³/mol. The van der Waals surface area contributed by atoms with Crippen LogP contribution in [0.1, 0.15) is 247 Å². The largest absolute Gasteiger partial charge is 0.497 e. The zero-order chi connectivity index (χ0) is 89.1. The van der Waals surface area contributed by atoms with Crippen LogP contribution < -0.4 is 24.3 Å². The fraction of sp³-hybridized carbons (Fsp3) is 0.514. The van der Waals surface area contributed by atoms with Crippen molar-refractivity contribution < 1.29 is 43.1 Å². The van der Waals surface area contributed by atoms with Crippen LogP contribution in [0.3, 0.4) is 0 Å². The molecule has 0 spiro atoms. The van der Waals surface area contributed by atoms with Crippen molar-refractivity contribution in [2.24, 2.45) is 92.7 Å². The topological polar surface area (TPSA) is 254 Å². The number of nitriles is 4. The second-order valence-electron chi connectivity index (χ2n) is 39.6. The summed E-state index contributed by atoms with van der Waals surface area (Å²) < 4.78 is 5.34. The number of carbonyl (C=O) groups excluding carboxylic acids is 8. The van der Waals surface area contributed by atoms with Gasteiger partial charge in [-0.05, 0) is 298 Å². The Hall–Kier alpha value is -10.9. The maximum Gasteiger partial charge on any atom is 0.231 e. The highest BCUT2D eigenvalue weighted by Gasteiger charge is 2.58. The first kappa shape index (κ1) is 90.8. The van der Waals surface area contributed by atoms with Gasteiger partial charge in [0.15, 0.2) is 23.1 Å². The summed E-state index contributed by atoms with van der Waals surface area (Å²) in [4.78, 5) is 113. The summed E-state index contributed by atoms with van der Waals surface area (Å²) in [6, 6.07) is 41.1. The predicted octanol–water partition coefficient (Wildman–Crippen LogP) is 22.6. The lowest BCUT2D eigenvalue weighted by molar-refractivity contribution is -0.128. The first-order valence-corrected chi connectivity index (χ1v) is 45.5. The van der Waals surface area contributed by atoms with Crippen molar-refractivity contribution in [2.75, 3.05) is 26.7 Å². The van der Waals surface area contributed by atoms with E-state index in [4.69, 9.17) is 25.8 Å². The van der Waals surface area contributed by atoms with Crippen LogP contribution in [0.4, 0.5) is 22.7 Å². The van der Waals surface area contributed by atoms with Crippen LogP contribution in [-0.2, 0) is 43.8 Å². The quantitative estimate of drug-likeness (QED) is 0.121. The van der Waals surface area contributed by atoms with Crippen molar-refractivity contribution >= 4 is 69.5 Å². The number of ether oxygens (including phenoxy) is 1. The van der Waals surface area contributed by atoms with Gasteiger partial charge in [-0.1, -0.05) is 124 Å². The molecule has 0 radical (unpaired) electrons. The molecule has 12 aliphatic rings. The number of rotatable bonds is 13. The summed E-state index contributed by atoms with van der Waals surface area (Å²) in [5.74, 6) is 3.55. The highest BCUT2D eigenvalue weighted by molar-refractivity contribution is 6.02. The Morgan fingerprint density at radius 2 is 0.621 bits per heavy atom. The van der Waals surface area contributed by atoms with Crippen molar-refractivity contribution in [3.8, 4) is 30.0 Å². The van der Waals surface area contributed by atoms with Gasteiger partial charge in [0.1, 0.15) is 5.75 Å². The summed E-state index contributed by atoms with van der Waals surface area (Å²) in [7, 11) is 1.62. The molecule has 16 atom stereocenters. The standard InChI is InChI=1S/C29H36N2O2.C26H30N2O3.2C26H30N2O2/c1-19-17-25(32)27-24(23(19)7-6-16-30)13-10-21-18-31(26(33)14-15-29(21,27)5)22-11-8-20(9-12-22)28(2,3)4;1-17-14-23(29)25-22(21(17)8-5-13-27)10-9-18-16-28(24(30)11-12-26(18,25)2)19-6-4-7-20(15-19)31-3;2*1-17-6-9-20(10-7-17)28-16-19-8-11-22-21(5-4-14-27)18(2)15-23(29)25(22)26(19,3)13-12-24(28)30/h8-9,11-12,17-18,23-24,27H,6-7,10,13-15H2,1-5H3;4,6-7,14-16,21-22,25H,5,8-12H2,1-3H3;2*6-7,9-10,15-16,21-22,25H,4-5,8,11-13H2,1-3H3/t23-,24+,27-,29+;3*21-,22+,25-,26+/m1111/s1. The summed E-state index contributed by atoms with van der Waals surface area (Å²) >= 11 is 0. The van der Waals surface area contributed by atoms with E-state index in [-0.39, 0.29) is 145 Å². The Balaban J connectivity index is 0.000000142. The van der Waals surface area contributed by atoms with Crippen LogP contribution in [0.5, 0.6) is 5.75 Å². The van der Waals surface area contributed by atoms with Gasteiger partial charge in [0, 0.05) is 145 Å². The van der Waals surface area contributed by atoms with Crippen LogP contribution in [0, 0.1) is 152 Å². The molecule has 0 unspecified atom stereocenters. The molecule has 16 rings (SSSR count). The fourth-order valence-corrected chi connectivity index (χ4v) is 24.4. The number of nitrogens with zero attached hydrogens (tertiary/aromatic N) is 8. The Kier molecular flexibility index (Phi) is 27.5. The highest BCUT2D eigenvalue weighted by Crippen LogP contribution is 2.63. The molecule has 4 aromatic rings. The number of hydrogen-bond acceptors (Lipinski definition) is 13. The van der Waals surface area contributed by atoms with Gasteiger partial charge in [0.2, 0.25) is 23.6 Å². The van der Waals surface area contributed by atoms with Crippen molar-refractivity contribution in [3.05, 3.63) is 207 Å². The Morgan fingerprint density at radius 1 is 0.363 bits per heavy atom. The Labute approximate surface area is 735 Å². The van der Waals surface area contributed by atoms with Crippen LogP contribution in [-0.4, -0.2) is 53.9 Å². The average molecular weight is 1670 g/mol. The lowest BCUT2D eigenvalue weighted by Crippen LogP contribution is -2.48. The second-order valence-corrected chi connectivity index (χ2v) is 39.6. The van der Waals surface area contributed by atoms with E-state index in [1.54, 1.807) is 21.8 Å². The number of carbonyl (C=O) groups is 8. The number of ketones is 4. The van der Waals surface area contributed by atoms with Crippen LogP contribution >= 0.6 is 0 Å². The van der Waals surface area contributed by atoms with Gasteiger partial charge in [0.05, 0.1) is 37.1 Å². The summed E-state index contributed by atoms with van der Waals surface area (Å²) in [5.41, 5.74) is 15.1. The monoisotopic (exact) mass is 1670 g/mol. The Morgan fingerprint density at radius 3 is 0.871 bits per heavy atom. The third-order valence-corrected chi connectivity index (χ3v) is 31.4. The van der Waals surface area contributed by atoms with E-state index in [9.17, 15) is 38.4 Å². The summed E-state index contributed by atoms with van der Waals surface area (Å²) in [5, 5.41) is 36.5. The molecule has 4 saturated carbocycles. The molecule has 0 N–H and O–H groups in total. The van der Waals surface area contributed by atoms with Crippen molar-refractivity contribution in [3.63, 3.8) is 0 Å². The number of hydrogen-bond donors (Lipinski definition) is 0. The second kappa shape index (κ2) is 37.5. The van der Waals surface area contributed by atoms with E-state index in [0.29, 0.717) is 82.8 Å². The minimum Gasteiger partial charge on any atom is -0.497 e. The zero-order valence-electron chi connectivity index (χ0n) is 75.5. The van der Waals surface area contributed by atoms with E-state index < -0.39 is 0 Å². The van der Waals surface area contributed by atoms with E-state index in [1.165, 1.54) is 27.9 Å². The number of amides is 4. The van der Waals surface area contributed by atoms with Crippen molar-refractivity contribution in [1.29, 1.82) is 21.0 Å². The minimum absolute atomic E-state index is 0.0453. The molecule has 648 valence electrons. The van der Waals surface area contributed by atoms with E-state index in [0.717, 1.165) is 133 Å². The molecule has 4 aliphatic heterocycles. The lowest BCUT2D eigenvalue weighted by Gasteiger charge is -2.51. The number of anilines is 4. The Bertz CT molecular complexity index is 5130. The zero-order valence-corrected chi connectivity index (χ0v) is 75.5. The molecule has 0 aromatic heterocycles. The van der Waals surface area contributed by atoms with Crippen LogP contribution in [0.15, 0.2) is 191 Å². The molecular weight excluding hydrogens is 1540 g/mol. The fourth-order valence-electron chi connectivity index (χ4n) is 24.4.